The molecule has 1 unspecified atom stereocenters. The van der Waals surface area contributed by atoms with E-state index in [1.807, 2.05) is 6.92 Å². The van der Waals surface area contributed by atoms with Gasteiger partial charge in [-0.15, -0.1) is 0 Å². The number of rotatable bonds is 1. The number of aromatic nitrogens is 1. The lowest BCUT2D eigenvalue weighted by Crippen LogP contribution is -2.41. The second-order valence-corrected chi connectivity index (χ2v) is 6.20. The maximum atomic E-state index is 13.8. The smallest absolute Gasteiger partial charge is 0.372 e. The molecule has 0 bridgehead atoms. The van der Waals surface area contributed by atoms with Crippen LogP contribution in [0.5, 0.6) is 0 Å². The summed E-state index contributed by atoms with van der Waals surface area (Å²) in [5, 5.41) is 10.7. The van der Waals surface area contributed by atoms with Crippen molar-refractivity contribution in [2.45, 2.75) is 18.7 Å². The zero-order chi connectivity index (χ0) is 17.8. The molecule has 1 heterocycles. The highest BCUT2D eigenvalue weighted by Gasteiger charge is 2.60. The average molecular weight is 341 g/mol. The summed E-state index contributed by atoms with van der Waals surface area (Å²) in [7, 11) is 0. The normalized spacial score (nSPS) is 18.8. The van der Waals surface area contributed by atoms with Crippen molar-refractivity contribution in [3.05, 3.63) is 77.6 Å². The molecule has 3 aromatic rings. The van der Waals surface area contributed by atoms with Crippen molar-refractivity contribution in [1.29, 1.82) is 0 Å². The van der Waals surface area contributed by atoms with Crippen molar-refractivity contribution in [2.75, 3.05) is 0 Å². The molecule has 0 saturated heterocycles. The number of alkyl halides is 3. The van der Waals surface area contributed by atoms with E-state index < -0.39 is 11.8 Å². The van der Waals surface area contributed by atoms with Gasteiger partial charge in [0, 0.05) is 23.0 Å². The molecule has 4 rings (SSSR count). The minimum absolute atomic E-state index is 0.124. The molecule has 0 saturated carbocycles. The van der Waals surface area contributed by atoms with Crippen LogP contribution in [0.4, 0.5) is 13.2 Å². The number of aliphatic hydroxyl groups is 1. The molecule has 25 heavy (non-hydrogen) atoms. The van der Waals surface area contributed by atoms with Crippen LogP contribution in [0.15, 0.2) is 60.8 Å². The highest BCUT2D eigenvalue weighted by molar-refractivity contribution is 5.83. The number of aryl methyl sites for hydroxylation is 1. The molecular weight excluding hydrogens is 327 g/mol. The van der Waals surface area contributed by atoms with Crippen LogP contribution in [-0.4, -0.2) is 16.3 Å². The van der Waals surface area contributed by atoms with Gasteiger partial charge in [-0.05, 0) is 47.4 Å². The van der Waals surface area contributed by atoms with Crippen molar-refractivity contribution >= 4 is 0 Å². The third kappa shape index (κ3) is 2.19. The molecule has 0 radical (unpaired) electrons. The van der Waals surface area contributed by atoms with Crippen LogP contribution >= 0.6 is 0 Å². The van der Waals surface area contributed by atoms with Crippen LogP contribution in [0.25, 0.3) is 22.3 Å². The van der Waals surface area contributed by atoms with E-state index in [-0.39, 0.29) is 11.1 Å². The molecule has 126 valence electrons. The lowest BCUT2D eigenvalue weighted by atomic mass is 9.89. The predicted molar refractivity (Wildman–Crippen MR) is 88.9 cm³/mol. The van der Waals surface area contributed by atoms with Gasteiger partial charge in [0.1, 0.15) is 0 Å². The Kier molecular flexibility index (Phi) is 3.27. The number of fused-ring (bicyclic) bond motifs is 3. The van der Waals surface area contributed by atoms with Crippen LogP contribution in [0.1, 0.15) is 16.8 Å². The summed E-state index contributed by atoms with van der Waals surface area (Å²) < 4.78 is 41.5. The molecular formula is C20H14F3NO. The van der Waals surface area contributed by atoms with Crippen LogP contribution in [-0.2, 0) is 5.60 Å². The van der Waals surface area contributed by atoms with Gasteiger partial charge in [0.15, 0.2) is 0 Å². The zero-order valence-corrected chi connectivity index (χ0v) is 13.3. The molecule has 0 amide bonds. The van der Waals surface area contributed by atoms with E-state index in [2.05, 4.69) is 4.98 Å². The second kappa shape index (κ2) is 5.17. The maximum Gasteiger partial charge on any atom is 0.425 e. The summed E-state index contributed by atoms with van der Waals surface area (Å²) in [6.45, 7) is 1.82. The lowest BCUT2D eigenvalue weighted by Gasteiger charge is -2.28. The topological polar surface area (TPSA) is 33.1 Å². The molecule has 0 fully saturated rings. The molecule has 1 aliphatic rings. The van der Waals surface area contributed by atoms with Gasteiger partial charge in [0.05, 0.1) is 0 Å². The predicted octanol–water partition coefficient (Wildman–Crippen LogP) is 4.84. The number of hydrogen-bond donors (Lipinski definition) is 1. The fraction of sp³-hybridized carbons (Fsp3) is 0.150. The van der Waals surface area contributed by atoms with E-state index >= 15 is 0 Å². The third-order valence-electron chi connectivity index (χ3n) is 4.66. The molecule has 0 aliphatic heterocycles. The van der Waals surface area contributed by atoms with E-state index in [0.29, 0.717) is 16.7 Å². The van der Waals surface area contributed by atoms with Crippen molar-refractivity contribution < 1.29 is 18.3 Å². The SMILES string of the molecule is Cc1cc(-c2ccc3c(c2)C(O)(C(F)(F)F)c2ccccc2-3)ccn1. The zero-order valence-electron chi connectivity index (χ0n) is 13.3. The minimum atomic E-state index is -4.82. The van der Waals surface area contributed by atoms with Crippen molar-refractivity contribution in [1.82, 2.24) is 4.98 Å². The quantitative estimate of drug-likeness (QED) is 0.687. The van der Waals surface area contributed by atoms with Crippen molar-refractivity contribution in [3.63, 3.8) is 0 Å². The highest BCUT2D eigenvalue weighted by Crippen LogP contribution is 2.55. The summed E-state index contributed by atoms with van der Waals surface area (Å²) in [6, 6.07) is 14.5. The average Bonchev–Trinajstić information content (AvgIpc) is 2.85. The van der Waals surface area contributed by atoms with Gasteiger partial charge < -0.3 is 5.11 Å². The Labute approximate surface area is 142 Å². The third-order valence-corrected chi connectivity index (χ3v) is 4.66. The standard InChI is InChI=1S/C20H14F3NO/c1-12-10-14(8-9-24-12)13-6-7-16-15-4-2-3-5-17(15)19(25,18(16)11-13)20(21,22)23/h2-11,25H,1H3. The largest absolute Gasteiger partial charge is 0.425 e. The Hall–Kier alpha value is -2.66. The van der Waals surface area contributed by atoms with E-state index in [9.17, 15) is 18.3 Å². The number of nitrogens with zero attached hydrogens (tertiary/aromatic N) is 1. The number of halogens is 3. The lowest BCUT2D eigenvalue weighted by molar-refractivity contribution is -0.246. The Balaban J connectivity index is 1.99. The summed E-state index contributed by atoms with van der Waals surface area (Å²) in [4.78, 5) is 4.11. The molecule has 0 spiro atoms. The number of hydrogen-bond acceptors (Lipinski definition) is 2. The summed E-state index contributed by atoms with van der Waals surface area (Å²) >= 11 is 0. The van der Waals surface area contributed by atoms with Gasteiger partial charge in [-0.1, -0.05) is 36.4 Å². The minimum Gasteiger partial charge on any atom is -0.372 e. The van der Waals surface area contributed by atoms with E-state index in [0.717, 1.165) is 11.3 Å². The molecule has 1 aromatic heterocycles. The Morgan fingerprint density at radius 2 is 1.56 bits per heavy atom. The van der Waals surface area contributed by atoms with Gasteiger partial charge in [0.2, 0.25) is 5.60 Å². The Morgan fingerprint density at radius 3 is 2.28 bits per heavy atom. The van der Waals surface area contributed by atoms with E-state index in [1.54, 1.807) is 42.6 Å². The van der Waals surface area contributed by atoms with Gasteiger partial charge in [-0.2, -0.15) is 13.2 Å². The first-order valence-corrected chi connectivity index (χ1v) is 7.79. The summed E-state index contributed by atoms with van der Waals surface area (Å²) in [5.74, 6) is 0. The molecule has 1 atom stereocenters. The summed E-state index contributed by atoms with van der Waals surface area (Å²) in [6.07, 6.45) is -3.20. The van der Waals surface area contributed by atoms with Crippen LogP contribution in [0.3, 0.4) is 0 Å². The van der Waals surface area contributed by atoms with Gasteiger partial charge in [-0.25, -0.2) is 0 Å². The number of pyridine rings is 1. The summed E-state index contributed by atoms with van der Waals surface area (Å²) in [5.41, 5.74) is -0.298. The van der Waals surface area contributed by atoms with Crippen LogP contribution < -0.4 is 0 Å². The monoisotopic (exact) mass is 341 g/mol. The second-order valence-electron chi connectivity index (χ2n) is 6.20. The van der Waals surface area contributed by atoms with E-state index in [1.165, 1.54) is 18.2 Å². The Morgan fingerprint density at radius 1 is 0.880 bits per heavy atom. The fourth-order valence-corrected chi connectivity index (χ4v) is 3.47. The van der Waals surface area contributed by atoms with Crippen LogP contribution in [0.2, 0.25) is 0 Å². The maximum absolute atomic E-state index is 13.8. The van der Waals surface area contributed by atoms with Crippen molar-refractivity contribution in [3.8, 4) is 22.3 Å². The molecule has 2 aromatic carbocycles. The van der Waals surface area contributed by atoms with Gasteiger partial charge in [0.25, 0.3) is 0 Å². The van der Waals surface area contributed by atoms with Gasteiger partial charge in [-0.3, -0.25) is 4.98 Å². The first kappa shape index (κ1) is 15.8. The molecule has 2 nitrogen and oxygen atoms in total. The highest BCUT2D eigenvalue weighted by atomic mass is 19.4. The first-order chi connectivity index (χ1) is 11.8. The van der Waals surface area contributed by atoms with Crippen LogP contribution in [0, 0.1) is 6.92 Å². The van der Waals surface area contributed by atoms with E-state index in [4.69, 9.17) is 0 Å². The van der Waals surface area contributed by atoms with Crippen molar-refractivity contribution in [2.24, 2.45) is 0 Å². The molecule has 5 heteroatoms. The fourth-order valence-electron chi connectivity index (χ4n) is 3.47. The molecule has 1 aliphatic carbocycles. The Bertz CT molecular complexity index is 981. The van der Waals surface area contributed by atoms with Gasteiger partial charge >= 0.3 is 6.18 Å². The first-order valence-electron chi connectivity index (χ1n) is 7.79. The number of benzene rings is 2. The molecule has 1 N–H and O–H groups in total.